The molecule has 1 aliphatic carbocycles. The van der Waals surface area contributed by atoms with Gasteiger partial charge in [-0.15, -0.1) is 0 Å². The van der Waals surface area contributed by atoms with E-state index in [2.05, 4.69) is 71.0 Å². The number of benzene rings is 1. The van der Waals surface area contributed by atoms with Gasteiger partial charge in [-0.25, -0.2) is 4.98 Å². The van der Waals surface area contributed by atoms with Gasteiger partial charge in [-0.3, -0.25) is 15.0 Å². The van der Waals surface area contributed by atoms with Crippen molar-refractivity contribution in [3.8, 4) is 22.6 Å². The quantitative estimate of drug-likeness (QED) is 0.233. The van der Waals surface area contributed by atoms with Crippen LogP contribution in [0.2, 0.25) is 0 Å². The van der Waals surface area contributed by atoms with E-state index < -0.39 is 0 Å². The van der Waals surface area contributed by atoms with E-state index in [1.807, 2.05) is 24.7 Å². The van der Waals surface area contributed by atoms with E-state index in [1.165, 1.54) is 22.3 Å². The summed E-state index contributed by atoms with van der Waals surface area (Å²) in [5, 5.41) is 2.24. The zero-order chi connectivity index (χ0) is 25.7. The Bertz CT molecular complexity index is 1640. The monoisotopic (exact) mass is 486 g/mol. The summed E-state index contributed by atoms with van der Waals surface area (Å²) in [7, 11) is 0. The number of hydrogen-bond donors (Lipinski definition) is 0. The molecule has 0 spiro atoms. The maximum Gasteiger partial charge on any atom is 0.0971 e. The molecule has 0 fully saturated rings. The van der Waals surface area contributed by atoms with Gasteiger partial charge in [-0.1, -0.05) is 46.8 Å². The number of rotatable bonds is 5. The maximum absolute atomic E-state index is 5.29. The molecule has 186 valence electrons. The van der Waals surface area contributed by atoms with Gasteiger partial charge in [0.1, 0.15) is 0 Å². The van der Waals surface area contributed by atoms with Crippen LogP contribution in [0.15, 0.2) is 61.1 Å². The number of nitrogens with zero attached hydrogens (tertiary/aromatic N) is 4. The normalized spacial score (nSPS) is 16.4. The summed E-state index contributed by atoms with van der Waals surface area (Å²) < 4.78 is 0. The molecule has 0 radical (unpaired) electrons. The summed E-state index contributed by atoms with van der Waals surface area (Å²) in [6.45, 7) is 11.3. The van der Waals surface area contributed by atoms with Crippen molar-refractivity contribution in [1.82, 2.24) is 19.9 Å². The second-order valence-corrected chi connectivity index (χ2v) is 10.8. The largest absolute Gasteiger partial charge is 0.254 e. The Balaban J connectivity index is 1.63. The summed E-state index contributed by atoms with van der Waals surface area (Å²) in [5.41, 5.74) is 11.1. The van der Waals surface area contributed by atoms with Crippen LogP contribution in [0.3, 0.4) is 0 Å². The van der Waals surface area contributed by atoms with Crippen molar-refractivity contribution in [2.24, 2.45) is 0 Å². The van der Waals surface area contributed by atoms with Gasteiger partial charge in [0.15, 0.2) is 0 Å². The smallest absolute Gasteiger partial charge is 0.0971 e. The van der Waals surface area contributed by atoms with Crippen LogP contribution >= 0.6 is 0 Å². The van der Waals surface area contributed by atoms with E-state index in [0.717, 1.165) is 63.7 Å². The van der Waals surface area contributed by atoms with Crippen molar-refractivity contribution in [3.63, 3.8) is 0 Å². The zero-order valence-corrected chi connectivity index (χ0v) is 22.4. The standard InChI is InChI=1S/C33H34N4/c1-6-19(3)24-14-23-15-27(28-16-25(20(4)7-2)18-36-32(28)31(23)35-17-24)29-11-10-26-21(5)13-22-9-8-12-34-30(22)33(26)37-29/h8-12,14-21H,6-7,13H2,1-5H3/t19-,20-,21+/m0/s1. The van der Waals surface area contributed by atoms with Crippen LogP contribution in [0.25, 0.3) is 44.5 Å². The van der Waals surface area contributed by atoms with Crippen LogP contribution in [0.5, 0.6) is 0 Å². The van der Waals surface area contributed by atoms with Crippen molar-refractivity contribution in [2.75, 3.05) is 0 Å². The molecule has 0 aliphatic heterocycles. The Labute approximate surface area is 219 Å². The fraction of sp³-hybridized carbons (Fsp3) is 0.333. The van der Waals surface area contributed by atoms with Crippen molar-refractivity contribution in [2.45, 2.75) is 71.6 Å². The molecule has 5 aromatic rings. The van der Waals surface area contributed by atoms with Gasteiger partial charge in [-0.2, -0.15) is 0 Å². The maximum atomic E-state index is 5.29. The SMILES string of the molecule is CC[C@H](C)c1cnc2c(c1)cc(-c1ccc3c(n1)-c1ncccc1C[C@H]3C)c1cc([C@@H](C)CC)cnc12. The lowest BCUT2D eigenvalue weighted by atomic mass is 9.84. The lowest BCUT2D eigenvalue weighted by Gasteiger charge is -2.24. The highest BCUT2D eigenvalue weighted by atomic mass is 14.8. The molecule has 0 saturated heterocycles. The fourth-order valence-corrected chi connectivity index (χ4v) is 5.60. The number of pyridine rings is 4. The summed E-state index contributed by atoms with van der Waals surface area (Å²) in [6, 6.07) is 15.5. The van der Waals surface area contributed by atoms with E-state index in [4.69, 9.17) is 19.9 Å². The second kappa shape index (κ2) is 9.33. The predicted molar refractivity (Wildman–Crippen MR) is 153 cm³/mol. The minimum atomic E-state index is 0.419. The molecule has 1 aromatic carbocycles. The van der Waals surface area contributed by atoms with Crippen LogP contribution in [0, 0.1) is 0 Å². The highest BCUT2D eigenvalue weighted by Crippen LogP contribution is 2.40. The van der Waals surface area contributed by atoms with Gasteiger partial charge in [0.25, 0.3) is 0 Å². The molecule has 3 atom stereocenters. The molecule has 0 unspecified atom stereocenters. The Morgan fingerprint density at radius 2 is 1.57 bits per heavy atom. The Morgan fingerprint density at radius 1 is 0.838 bits per heavy atom. The molecule has 6 rings (SSSR count). The predicted octanol–water partition coefficient (Wildman–Crippen LogP) is 8.59. The lowest BCUT2D eigenvalue weighted by Crippen LogP contribution is -2.11. The van der Waals surface area contributed by atoms with Crippen molar-refractivity contribution < 1.29 is 0 Å². The summed E-state index contributed by atoms with van der Waals surface area (Å²) >= 11 is 0. The molecule has 0 bridgehead atoms. The lowest BCUT2D eigenvalue weighted by molar-refractivity contribution is 0.731. The van der Waals surface area contributed by atoms with Crippen LogP contribution in [-0.2, 0) is 6.42 Å². The molecular weight excluding hydrogens is 452 g/mol. The molecule has 37 heavy (non-hydrogen) atoms. The average Bonchev–Trinajstić information content (AvgIpc) is 2.95. The molecule has 4 heteroatoms. The Kier molecular flexibility index (Phi) is 5.98. The third kappa shape index (κ3) is 3.99. The Hall–Kier alpha value is -3.66. The first-order valence-electron chi connectivity index (χ1n) is 13.7. The first-order chi connectivity index (χ1) is 18.0. The molecule has 4 aromatic heterocycles. The van der Waals surface area contributed by atoms with Crippen molar-refractivity contribution >= 4 is 21.8 Å². The van der Waals surface area contributed by atoms with E-state index in [0.29, 0.717) is 17.8 Å². The average molecular weight is 487 g/mol. The van der Waals surface area contributed by atoms with Crippen LogP contribution in [-0.4, -0.2) is 19.9 Å². The first-order valence-corrected chi connectivity index (χ1v) is 13.7. The third-order valence-corrected chi connectivity index (χ3v) is 8.40. The molecular formula is C33H34N4. The fourth-order valence-electron chi connectivity index (χ4n) is 5.60. The number of aromatic nitrogens is 4. The molecule has 0 saturated carbocycles. The van der Waals surface area contributed by atoms with Crippen LogP contribution < -0.4 is 0 Å². The van der Waals surface area contributed by atoms with E-state index in [1.54, 1.807) is 0 Å². The highest BCUT2D eigenvalue weighted by Gasteiger charge is 2.25. The Morgan fingerprint density at radius 3 is 2.32 bits per heavy atom. The van der Waals surface area contributed by atoms with E-state index >= 15 is 0 Å². The molecule has 0 amide bonds. The van der Waals surface area contributed by atoms with Gasteiger partial charge < -0.3 is 0 Å². The first kappa shape index (κ1) is 23.7. The zero-order valence-electron chi connectivity index (χ0n) is 22.4. The van der Waals surface area contributed by atoms with Crippen molar-refractivity contribution in [3.05, 3.63) is 83.3 Å². The van der Waals surface area contributed by atoms with Gasteiger partial charge in [0.05, 0.1) is 28.1 Å². The molecule has 0 N–H and O–H groups in total. The van der Waals surface area contributed by atoms with E-state index in [-0.39, 0.29) is 0 Å². The minimum absolute atomic E-state index is 0.419. The van der Waals surface area contributed by atoms with Gasteiger partial charge >= 0.3 is 0 Å². The highest BCUT2D eigenvalue weighted by molar-refractivity contribution is 6.10. The summed E-state index contributed by atoms with van der Waals surface area (Å²) in [5.74, 6) is 1.32. The summed E-state index contributed by atoms with van der Waals surface area (Å²) in [4.78, 5) is 20.0. The molecule has 1 aliphatic rings. The number of hydrogen-bond acceptors (Lipinski definition) is 4. The topological polar surface area (TPSA) is 51.6 Å². The van der Waals surface area contributed by atoms with Gasteiger partial charge in [0, 0.05) is 34.9 Å². The second-order valence-electron chi connectivity index (χ2n) is 10.8. The molecule has 4 heterocycles. The van der Waals surface area contributed by atoms with Gasteiger partial charge in [-0.05, 0) is 89.6 Å². The van der Waals surface area contributed by atoms with Crippen LogP contribution in [0.4, 0.5) is 0 Å². The molecule has 4 nitrogen and oxygen atoms in total. The minimum Gasteiger partial charge on any atom is -0.254 e. The number of fused-ring (bicyclic) bond motifs is 6. The third-order valence-electron chi connectivity index (χ3n) is 8.40. The van der Waals surface area contributed by atoms with Crippen molar-refractivity contribution in [1.29, 1.82) is 0 Å². The van der Waals surface area contributed by atoms with E-state index in [9.17, 15) is 0 Å². The van der Waals surface area contributed by atoms with Gasteiger partial charge in [0.2, 0.25) is 0 Å². The summed E-state index contributed by atoms with van der Waals surface area (Å²) in [6.07, 6.45) is 9.10. The van der Waals surface area contributed by atoms with Crippen LogP contribution in [0.1, 0.15) is 87.5 Å².